The summed E-state index contributed by atoms with van der Waals surface area (Å²) >= 11 is 12.3. The summed E-state index contributed by atoms with van der Waals surface area (Å²) in [6.45, 7) is 0. The van der Waals surface area contributed by atoms with Gasteiger partial charge in [0.05, 0.1) is 5.69 Å². The molecule has 0 unspecified atom stereocenters. The maximum absolute atomic E-state index is 6.19. The average Bonchev–Trinajstić information content (AvgIpc) is 3.06. The van der Waals surface area contributed by atoms with Crippen molar-refractivity contribution in [2.75, 3.05) is 5.32 Å². The van der Waals surface area contributed by atoms with Crippen LogP contribution in [0.2, 0.25) is 10.0 Å². The van der Waals surface area contributed by atoms with E-state index in [2.05, 4.69) is 20.5 Å². The first kappa shape index (κ1) is 16.6. The van der Waals surface area contributed by atoms with Crippen LogP contribution < -0.4 is 5.32 Å². The minimum Gasteiger partial charge on any atom is -0.324 e. The molecule has 0 atom stereocenters. The standard InChI is InChI=1S/C19H13Cl2N5/c20-14-3-1-5-16(11-14)23-19-25-24-18(13-7-9-22-10-8-13)26(19)17-6-2-4-15(21)12-17/h1-12H,(H,23,25). The van der Waals surface area contributed by atoms with E-state index < -0.39 is 0 Å². The third-order valence-corrected chi connectivity index (χ3v) is 4.22. The Labute approximate surface area is 160 Å². The summed E-state index contributed by atoms with van der Waals surface area (Å²) in [7, 11) is 0. The lowest BCUT2D eigenvalue weighted by Crippen LogP contribution is -2.03. The lowest BCUT2D eigenvalue weighted by atomic mass is 10.2. The number of nitrogens with zero attached hydrogens (tertiary/aromatic N) is 4. The predicted molar refractivity (Wildman–Crippen MR) is 104 cm³/mol. The number of rotatable bonds is 4. The molecule has 0 spiro atoms. The number of benzene rings is 2. The smallest absolute Gasteiger partial charge is 0.234 e. The van der Waals surface area contributed by atoms with E-state index >= 15 is 0 Å². The van der Waals surface area contributed by atoms with E-state index in [0.717, 1.165) is 16.9 Å². The Balaban J connectivity index is 1.85. The summed E-state index contributed by atoms with van der Waals surface area (Å²) in [6, 6.07) is 18.7. The summed E-state index contributed by atoms with van der Waals surface area (Å²) in [6.07, 6.45) is 3.44. The summed E-state index contributed by atoms with van der Waals surface area (Å²) in [4.78, 5) is 4.06. The lowest BCUT2D eigenvalue weighted by molar-refractivity contribution is 1.07. The third kappa shape index (κ3) is 3.40. The van der Waals surface area contributed by atoms with Gasteiger partial charge in [-0.1, -0.05) is 35.3 Å². The van der Waals surface area contributed by atoms with Crippen LogP contribution in [0.1, 0.15) is 0 Å². The second-order valence-electron chi connectivity index (χ2n) is 5.53. The van der Waals surface area contributed by atoms with Gasteiger partial charge < -0.3 is 5.32 Å². The van der Waals surface area contributed by atoms with Crippen LogP contribution in [-0.4, -0.2) is 19.7 Å². The van der Waals surface area contributed by atoms with Crippen molar-refractivity contribution < 1.29 is 0 Å². The van der Waals surface area contributed by atoms with Crippen LogP contribution in [0.25, 0.3) is 17.1 Å². The molecule has 0 saturated heterocycles. The monoisotopic (exact) mass is 381 g/mol. The van der Waals surface area contributed by atoms with Gasteiger partial charge in [-0.25, -0.2) is 0 Å². The highest BCUT2D eigenvalue weighted by atomic mass is 35.5. The van der Waals surface area contributed by atoms with Gasteiger partial charge in [0.25, 0.3) is 0 Å². The van der Waals surface area contributed by atoms with E-state index in [4.69, 9.17) is 23.2 Å². The molecule has 0 saturated carbocycles. The van der Waals surface area contributed by atoms with Gasteiger partial charge in [0, 0.05) is 33.7 Å². The zero-order chi connectivity index (χ0) is 17.9. The fourth-order valence-corrected chi connectivity index (χ4v) is 2.98. The average molecular weight is 382 g/mol. The number of hydrogen-bond donors (Lipinski definition) is 1. The summed E-state index contributed by atoms with van der Waals surface area (Å²) in [5.74, 6) is 1.24. The van der Waals surface area contributed by atoms with Crippen molar-refractivity contribution in [3.63, 3.8) is 0 Å². The molecule has 5 nitrogen and oxygen atoms in total. The Bertz CT molecular complexity index is 1050. The molecule has 0 fully saturated rings. The molecule has 0 bridgehead atoms. The second kappa shape index (κ2) is 7.15. The van der Waals surface area contributed by atoms with Gasteiger partial charge in [-0.3, -0.25) is 9.55 Å². The summed E-state index contributed by atoms with van der Waals surface area (Å²) in [5, 5.41) is 13.2. The minimum absolute atomic E-state index is 0.557. The first-order valence-corrected chi connectivity index (χ1v) is 8.61. The number of anilines is 2. The lowest BCUT2D eigenvalue weighted by Gasteiger charge is -2.12. The van der Waals surface area contributed by atoms with E-state index in [0.29, 0.717) is 21.8 Å². The molecule has 26 heavy (non-hydrogen) atoms. The second-order valence-corrected chi connectivity index (χ2v) is 6.41. The van der Waals surface area contributed by atoms with Gasteiger partial charge in [0.2, 0.25) is 5.95 Å². The minimum atomic E-state index is 0.557. The number of hydrogen-bond acceptors (Lipinski definition) is 4. The fourth-order valence-electron chi connectivity index (χ4n) is 2.61. The first-order valence-electron chi connectivity index (χ1n) is 7.85. The van der Waals surface area contributed by atoms with Gasteiger partial charge >= 0.3 is 0 Å². The summed E-state index contributed by atoms with van der Waals surface area (Å²) in [5.41, 5.74) is 2.56. The van der Waals surface area contributed by atoms with Crippen molar-refractivity contribution in [3.8, 4) is 17.1 Å². The molecule has 2 heterocycles. The Kier molecular flexibility index (Phi) is 4.56. The fraction of sp³-hybridized carbons (Fsp3) is 0. The zero-order valence-electron chi connectivity index (χ0n) is 13.5. The van der Waals surface area contributed by atoms with Gasteiger partial charge in [0.1, 0.15) is 0 Å². The predicted octanol–water partition coefficient (Wildman–Crippen LogP) is 5.38. The Morgan fingerprint density at radius 3 is 2.27 bits per heavy atom. The Morgan fingerprint density at radius 1 is 0.808 bits per heavy atom. The van der Waals surface area contributed by atoms with Crippen molar-refractivity contribution in [2.45, 2.75) is 0 Å². The molecular weight excluding hydrogens is 369 g/mol. The zero-order valence-corrected chi connectivity index (χ0v) is 15.0. The molecule has 0 aliphatic carbocycles. The molecule has 128 valence electrons. The van der Waals surface area contributed by atoms with E-state index in [-0.39, 0.29) is 0 Å². The normalized spacial score (nSPS) is 10.7. The molecule has 2 aromatic carbocycles. The molecule has 2 aromatic heterocycles. The van der Waals surface area contributed by atoms with Crippen LogP contribution in [0, 0.1) is 0 Å². The van der Waals surface area contributed by atoms with Gasteiger partial charge in [0.15, 0.2) is 5.82 Å². The number of halogens is 2. The highest BCUT2D eigenvalue weighted by Crippen LogP contribution is 2.28. The topological polar surface area (TPSA) is 55.6 Å². The van der Waals surface area contributed by atoms with Crippen molar-refractivity contribution >= 4 is 34.8 Å². The van der Waals surface area contributed by atoms with Crippen molar-refractivity contribution in [1.29, 1.82) is 0 Å². The third-order valence-electron chi connectivity index (χ3n) is 3.75. The van der Waals surface area contributed by atoms with E-state index in [1.165, 1.54) is 0 Å². The van der Waals surface area contributed by atoms with Gasteiger partial charge in [-0.15, -0.1) is 10.2 Å². The maximum atomic E-state index is 6.19. The molecule has 0 aliphatic heterocycles. The molecular formula is C19H13Cl2N5. The highest BCUT2D eigenvalue weighted by molar-refractivity contribution is 6.31. The highest BCUT2D eigenvalue weighted by Gasteiger charge is 2.16. The molecule has 7 heteroatoms. The number of aromatic nitrogens is 4. The van der Waals surface area contributed by atoms with Crippen molar-refractivity contribution in [1.82, 2.24) is 19.7 Å². The van der Waals surface area contributed by atoms with Crippen LogP contribution in [-0.2, 0) is 0 Å². The SMILES string of the molecule is Clc1cccc(Nc2nnc(-c3ccncc3)n2-c2cccc(Cl)c2)c1. The number of nitrogens with one attached hydrogen (secondary N) is 1. The molecule has 0 radical (unpaired) electrons. The van der Waals surface area contributed by atoms with Crippen molar-refractivity contribution in [3.05, 3.63) is 83.1 Å². The van der Waals surface area contributed by atoms with Crippen LogP contribution in [0.3, 0.4) is 0 Å². The largest absolute Gasteiger partial charge is 0.324 e. The van der Waals surface area contributed by atoms with Crippen molar-refractivity contribution in [2.24, 2.45) is 0 Å². The van der Waals surface area contributed by atoms with E-state index in [9.17, 15) is 0 Å². The first-order chi connectivity index (χ1) is 12.7. The van der Waals surface area contributed by atoms with E-state index in [1.54, 1.807) is 12.4 Å². The van der Waals surface area contributed by atoms with Gasteiger partial charge in [-0.05, 0) is 48.5 Å². The quantitative estimate of drug-likeness (QED) is 0.515. The van der Waals surface area contributed by atoms with Crippen LogP contribution in [0.4, 0.5) is 11.6 Å². The molecule has 0 aliphatic rings. The van der Waals surface area contributed by atoms with Crippen LogP contribution in [0.5, 0.6) is 0 Å². The Morgan fingerprint density at radius 2 is 1.54 bits per heavy atom. The van der Waals surface area contributed by atoms with Gasteiger partial charge in [-0.2, -0.15) is 0 Å². The molecule has 4 aromatic rings. The van der Waals surface area contributed by atoms with Crippen LogP contribution >= 0.6 is 23.2 Å². The maximum Gasteiger partial charge on any atom is 0.234 e. The molecule has 1 N–H and O–H groups in total. The molecule has 0 amide bonds. The van der Waals surface area contributed by atoms with E-state index in [1.807, 2.05) is 65.2 Å². The van der Waals surface area contributed by atoms with Crippen LogP contribution in [0.15, 0.2) is 73.1 Å². The molecule has 4 rings (SSSR count). The number of pyridine rings is 1. The summed E-state index contributed by atoms with van der Waals surface area (Å²) < 4.78 is 1.90. The Hall–Kier alpha value is -2.89.